The molecule has 1 saturated carbocycles. The Kier molecular flexibility index (Phi) is 4.15. The summed E-state index contributed by atoms with van der Waals surface area (Å²) in [6, 6.07) is 5.51. The van der Waals surface area contributed by atoms with Crippen LogP contribution in [0.5, 0.6) is 0 Å². The molecule has 0 bridgehead atoms. The topological polar surface area (TPSA) is 42.0 Å². The zero-order valence-electron chi connectivity index (χ0n) is 9.95. The minimum absolute atomic E-state index is 0.0632. The van der Waals surface area contributed by atoms with Gasteiger partial charge in [0, 0.05) is 17.1 Å². The number of nitrogens with one attached hydrogen (secondary N) is 1. The number of hydrogen-bond donors (Lipinski definition) is 1. The molecule has 1 amide bonds. The van der Waals surface area contributed by atoms with Crippen molar-refractivity contribution >= 4 is 21.8 Å². The van der Waals surface area contributed by atoms with E-state index in [0.717, 1.165) is 18.7 Å². The van der Waals surface area contributed by atoms with Crippen molar-refractivity contribution < 1.29 is 4.79 Å². The van der Waals surface area contributed by atoms with Crippen LogP contribution in [0.2, 0.25) is 0 Å². The van der Waals surface area contributed by atoms with Crippen LogP contribution in [0.15, 0.2) is 18.2 Å². The number of rotatable bonds is 3. The molecule has 0 saturated heterocycles. The molecule has 1 N–H and O–H groups in total. The summed E-state index contributed by atoms with van der Waals surface area (Å²) in [7, 11) is 0. The molecule has 1 heterocycles. The van der Waals surface area contributed by atoms with Crippen LogP contribution in [-0.4, -0.2) is 22.3 Å². The Bertz CT molecular complexity index is 408. The van der Waals surface area contributed by atoms with Crippen LogP contribution in [0, 0.1) is 12.8 Å². The van der Waals surface area contributed by atoms with Crippen LogP contribution in [0.4, 0.5) is 0 Å². The van der Waals surface area contributed by atoms with Gasteiger partial charge in [0.15, 0.2) is 0 Å². The van der Waals surface area contributed by atoms with Gasteiger partial charge in [-0.3, -0.25) is 4.79 Å². The van der Waals surface area contributed by atoms with Gasteiger partial charge in [-0.25, -0.2) is 4.98 Å². The maximum absolute atomic E-state index is 11.8. The molecule has 3 nitrogen and oxygen atoms in total. The maximum atomic E-state index is 11.8. The van der Waals surface area contributed by atoms with Gasteiger partial charge in [0.2, 0.25) is 0 Å². The van der Waals surface area contributed by atoms with Gasteiger partial charge < -0.3 is 5.32 Å². The monoisotopic (exact) mass is 296 g/mol. The summed E-state index contributed by atoms with van der Waals surface area (Å²) >= 11 is 3.62. The normalized spacial score (nSPS) is 23.6. The fourth-order valence-electron chi connectivity index (χ4n) is 2.20. The first-order valence-corrected chi connectivity index (χ1v) is 6.92. The van der Waals surface area contributed by atoms with Gasteiger partial charge in [-0.15, -0.1) is 0 Å². The van der Waals surface area contributed by atoms with Gasteiger partial charge in [-0.05, 0) is 44.2 Å². The van der Waals surface area contributed by atoms with Gasteiger partial charge in [-0.2, -0.15) is 0 Å². The summed E-state index contributed by atoms with van der Waals surface area (Å²) < 4.78 is 0. The molecule has 17 heavy (non-hydrogen) atoms. The molecule has 2 rings (SSSR count). The fourth-order valence-corrected chi connectivity index (χ4v) is 2.99. The molecule has 0 spiro atoms. The first kappa shape index (κ1) is 12.6. The van der Waals surface area contributed by atoms with E-state index in [4.69, 9.17) is 0 Å². The number of amides is 1. The van der Waals surface area contributed by atoms with Crippen LogP contribution in [-0.2, 0) is 0 Å². The van der Waals surface area contributed by atoms with E-state index in [9.17, 15) is 4.79 Å². The molecular weight excluding hydrogens is 280 g/mol. The highest BCUT2D eigenvalue weighted by atomic mass is 79.9. The number of nitrogens with zero attached hydrogens (tertiary/aromatic N) is 1. The molecule has 1 aliphatic rings. The van der Waals surface area contributed by atoms with Crippen LogP contribution < -0.4 is 5.32 Å². The summed E-state index contributed by atoms with van der Waals surface area (Å²) in [4.78, 5) is 16.7. The minimum atomic E-state index is -0.0632. The van der Waals surface area contributed by atoms with E-state index in [1.54, 1.807) is 6.07 Å². The first-order chi connectivity index (χ1) is 8.15. The van der Waals surface area contributed by atoms with E-state index in [0.29, 0.717) is 16.4 Å². The SMILES string of the molecule is Cc1cccc(C(=O)NCC2CCC(Br)C2)n1. The number of halogens is 1. The highest BCUT2D eigenvalue weighted by Crippen LogP contribution is 2.29. The number of hydrogen-bond acceptors (Lipinski definition) is 2. The fraction of sp³-hybridized carbons (Fsp3) is 0.538. The van der Waals surface area contributed by atoms with Gasteiger partial charge in [0.1, 0.15) is 5.69 Å². The van der Waals surface area contributed by atoms with Crippen molar-refractivity contribution in [1.82, 2.24) is 10.3 Å². The maximum Gasteiger partial charge on any atom is 0.269 e. The molecule has 1 aromatic heterocycles. The van der Waals surface area contributed by atoms with Crippen LogP contribution in [0.3, 0.4) is 0 Å². The van der Waals surface area contributed by atoms with Crippen LogP contribution in [0.25, 0.3) is 0 Å². The first-order valence-electron chi connectivity index (χ1n) is 6.01. The van der Waals surface area contributed by atoms with Gasteiger partial charge >= 0.3 is 0 Å². The Morgan fingerprint density at radius 2 is 2.35 bits per heavy atom. The van der Waals surface area contributed by atoms with E-state index in [1.807, 2.05) is 19.1 Å². The lowest BCUT2D eigenvalue weighted by atomic mass is 10.1. The zero-order chi connectivity index (χ0) is 12.3. The smallest absolute Gasteiger partial charge is 0.269 e. The number of aryl methyl sites for hydroxylation is 1. The number of carbonyl (C=O) groups is 1. The second-order valence-corrected chi connectivity index (χ2v) is 5.95. The molecule has 1 fully saturated rings. The number of aromatic nitrogens is 1. The third-order valence-corrected chi connectivity index (χ3v) is 3.98. The third kappa shape index (κ3) is 3.53. The molecule has 0 aliphatic heterocycles. The van der Waals surface area contributed by atoms with E-state index < -0.39 is 0 Å². The summed E-state index contributed by atoms with van der Waals surface area (Å²) in [6.45, 7) is 2.65. The summed E-state index contributed by atoms with van der Waals surface area (Å²) in [5.41, 5.74) is 1.39. The average molecular weight is 297 g/mol. The molecule has 1 aromatic rings. The van der Waals surface area contributed by atoms with Gasteiger partial charge in [0.25, 0.3) is 5.91 Å². The molecule has 2 atom stereocenters. The summed E-state index contributed by atoms with van der Waals surface area (Å²) in [5.74, 6) is 0.542. The highest BCUT2D eigenvalue weighted by molar-refractivity contribution is 9.09. The zero-order valence-corrected chi connectivity index (χ0v) is 11.5. The summed E-state index contributed by atoms with van der Waals surface area (Å²) in [6.07, 6.45) is 3.56. The van der Waals surface area contributed by atoms with Crippen molar-refractivity contribution in [3.63, 3.8) is 0 Å². The van der Waals surface area contributed by atoms with Crippen molar-refractivity contribution in [3.8, 4) is 0 Å². The number of carbonyl (C=O) groups excluding carboxylic acids is 1. The lowest BCUT2D eigenvalue weighted by Gasteiger charge is -2.10. The third-order valence-electron chi connectivity index (χ3n) is 3.15. The quantitative estimate of drug-likeness (QED) is 0.872. The van der Waals surface area contributed by atoms with Crippen molar-refractivity contribution in [2.45, 2.75) is 31.0 Å². The van der Waals surface area contributed by atoms with Gasteiger partial charge in [0.05, 0.1) is 0 Å². The lowest BCUT2D eigenvalue weighted by Crippen LogP contribution is -2.29. The minimum Gasteiger partial charge on any atom is -0.350 e. The second kappa shape index (κ2) is 5.63. The Morgan fingerprint density at radius 3 is 3.00 bits per heavy atom. The van der Waals surface area contributed by atoms with Crippen LogP contribution >= 0.6 is 15.9 Å². The van der Waals surface area contributed by atoms with Crippen molar-refractivity contribution in [2.75, 3.05) is 6.54 Å². The molecule has 2 unspecified atom stereocenters. The molecule has 0 aromatic carbocycles. The predicted molar refractivity (Wildman–Crippen MR) is 71.4 cm³/mol. The Hall–Kier alpha value is -0.900. The predicted octanol–water partition coefficient (Wildman–Crippen LogP) is 2.68. The van der Waals surface area contributed by atoms with Crippen molar-refractivity contribution in [1.29, 1.82) is 0 Å². The number of pyridine rings is 1. The van der Waals surface area contributed by atoms with Gasteiger partial charge in [-0.1, -0.05) is 22.0 Å². The standard InChI is InChI=1S/C13H17BrN2O/c1-9-3-2-4-12(16-9)13(17)15-8-10-5-6-11(14)7-10/h2-4,10-11H,5-8H2,1H3,(H,15,17). The molecule has 0 radical (unpaired) electrons. The van der Waals surface area contributed by atoms with E-state index in [1.165, 1.54) is 12.8 Å². The lowest BCUT2D eigenvalue weighted by molar-refractivity contribution is 0.0942. The van der Waals surface area contributed by atoms with Crippen molar-refractivity contribution in [2.24, 2.45) is 5.92 Å². The van der Waals surface area contributed by atoms with E-state index in [-0.39, 0.29) is 5.91 Å². The highest BCUT2D eigenvalue weighted by Gasteiger charge is 2.22. The van der Waals surface area contributed by atoms with Crippen LogP contribution in [0.1, 0.15) is 35.4 Å². The molecule has 4 heteroatoms. The van der Waals surface area contributed by atoms with E-state index >= 15 is 0 Å². The second-order valence-electron chi connectivity index (χ2n) is 4.65. The number of alkyl halides is 1. The Labute approximate surface area is 110 Å². The summed E-state index contributed by atoms with van der Waals surface area (Å²) in [5, 5.41) is 2.97. The average Bonchev–Trinajstić information content (AvgIpc) is 2.72. The molecule has 1 aliphatic carbocycles. The Morgan fingerprint density at radius 1 is 1.53 bits per heavy atom. The van der Waals surface area contributed by atoms with Crippen molar-refractivity contribution in [3.05, 3.63) is 29.6 Å². The largest absolute Gasteiger partial charge is 0.350 e. The Balaban J connectivity index is 1.85. The van der Waals surface area contributed by atoms with E-state index in [2.05, 4.69) is 26.2 Å². The molecular formula is C13H17BrN2O. The molecule has 92 valence electrons.